The average Bonchev–Trinajstić information content (AvgIpc) is 2.78. The van der Waals surface area contributed by atoms with Gasteiger partial charge in [0, 0.05) is 32.2 Å². The molecule has 0 radical (unpaired) electrons. The Morgan fingerprint density at radius 2 is 2.06 bits per heavy atom. The van der Waals surface area contributed by atoms with Gasteiger partial charge in [0.05, 0.1) is 37.4 Å². The third-order valence-electron chi connectivity index (χ3n) is 4.99. The van der Waals surface area contributed by atoms with Gasteiger partial charge >= 0.3 is 0 Å². The zero-order chi connectivity index (χ0) is 22.2. The Kier molecular flexibility index (Phi) is 7.80. The van der Waals surface area contributed by atoms with Crippen LogP contribution >= 0.6 is 0 Å². The zero-order valence-corrected chi connectivity index (χ0v) is 17.7. The molecule has 1 fully saturated rings. The van der Waals surface area contributed by atoms with Gasteiger partial charge in [0.25, 0.3) is 11.6 Å². The Morgan fingerprint density at radius 1 is 1.29 bits per heavy atom. The monoisotopic (exact) mass is 429 g/mol. The molecule has 0 saturated carbocycles. The number of hydrogen-bond donors (Lipinski definition) is 1. The van der Waals surface area contributed by atoms with Gasteiger partial charge < -0.3 is 19.5 Å². The lowest BCUT2D eigenvalue weighted by molar-refractivity contribution is -0.385. The van der Waals surface area contributed by atoms with Crippen LogP contribution in [-0.4, -0.2) is 61.8 Å². The van der Waals surface area contributed by atoms with Crippen molar-refractivity contribution in [2.24, 2.45) is 0 Å². The van der Waals surface area contributed by atoms with E-state index in [1.54, 1.807) is 6.92 Å². The molecule has 31 heavy (non-hydrogen) atoms. The minimum absolute atomic E-state index is 0.0812. The minimum atomic E-state index is -0.602. The van der Waals surface area contributed by atoms with E-state index >= 15 is 0 Å². The number of benzene rings is 2. The van der Waals surface area contributed by atoms with Gasteiger partial charge in [-0.1, -0.05) is 30.3 Å². The Bertz CT molecular complexity index is 906. The summed E-state index contributed by atoms with van der Waals surface area (Å²) in [5.74, 6) is -0.0715. The number of nitrogens with zero attached hydrogens (tertiary/aromatic N) is 2. The van der Waals surface area contributed by atoms with Gasteiger partial charge in [-0.15, -0.1) is 0 Å². The molecule has 1 atom stereocenters. The summed E-state index contributed by atoms with van der Waals surface area (Å²) in [6.07, 6.45) is -0.204. The van der Waals surface area contributed by atoms with Crippen molar-refractivity contribution < 1.29 is 23.9 Å². The number of rotatable bonds is 9. The fraction of sp³-hybridized carbons (Fsp3) is 0.409. The number of nitrogens with one attached hydrogen (secondary N) is 1. The van der Waals surface area contributed by atoms with Crippen molar-refractivity contribution in [3.05, 3.63) is 63.7 Å². The molecular weight excluding hydrogens is 402 g/mol. The van der Waals surface area contributed by atoms with E-state index < -0.39 is 10.8 Å². The quantitative estimate of drug-likeness (QED) is 0.483. The second-order valence-corrected chi connectivity index (χ2v) is 7.13. The molecule has 9 heteroatoms. The molecule has 1 aliphatic rings. The van der Waals surface area contributed by atoms with Gasteiger partial charge in [-0.2, -0.15) is 0 Å². The molecule has 0 bridgehead atoms. The smallest absolute Gasteiger partial charge is 0.286 e. The minimum Gasteiger partial charge on any atom is -0.493 e. The number of nitro benzene ring substituents is 1. The second kappa shape index (κ2) is 10.7. The summed E-state index contributed by atoms with van der Waals surface area (Å²) in [5, 5.41) is 14.3. The molecule has 1 heterocycles. The fourth-order valence-corrected chi connectivity index (χ4v) is 3.50. The average molecular weight is 429 g/mol. The van der Waals surface area contributed by atoms with Crippen molar-refractivity contribution in [2.45, 2.75) is 19.6 Å². The van der Waals surface area contributed by atoms with Crippen LogP contribution < -0.4 is 14.8 Å². The van der Waals surface area contributed by atoms with E-state index in [0.29, 0.717) is 19.8 Å². The first-order valence-corrected chi connectivity index (χ1v) is 10.2. The fourth-order valence-electron chi connectivity index (χ4n) is 3.50. The highest BCUT2D eigenvalue weighted by Crippen LogP contribution is 2.34. The lowest BCUT2D eigenvalue weighted by Gasteiger charge is -2.33. The maximum atomic E-state index is 12.7. The molecule has 2 aromatic rings. The summed E-state index contributed by atoms with van der Waals surface area (Å²) >= 11 is 0. The molecule has 0 aromatic heterocycles. The van der Waals surface area contributed by atoms with Crippen molar-refractivity contribution in [3.8, 4) is 11.5 Å². The molecule has 0 aliphatic carbocycles. The highest BCUT2D eigenvalue weighted by atomic mass is 16.6. The molecule has 9 nitrogen and oxygen atoms in total. The van der Waals surface area contributed by atoms with E-state index in [0.717, 1.165) is 13.1 Å². The summed E-state index contributed by atoms with van der Waals surface area (Å²) in [4.78, 5) is 25.9. The number of nitro groups is 1. The Balaban J connectivity index is 1.65. The first-order chi connectivity index (χ1) is 15.0. The van der Waals surface area contributed by atoms with Crippen LogP contribution in [-0.2, 0) is 11.3 Å². The van der Waals surface area contributed by atoms with E-state index in [2.05, 4.69) is 22.3 Å². The van der Waals surface area contributed by atoms with Crippen molar-refractivity contribution >= 4 is 11.6 Å². The Labute approximate surface area is 181 Å². The van der Waals surface area contributed by atoms with Crippen molar-refractivity contribution in [3.63, 3.8) is 0 Å². The van der Waals surface area contributed by atoms with Crippen LogP contribution in [0.3, 0.4) is 0 Å². The van der Waals surface area contributed by atoms with E-state index in [9.17, 15) is 14.9 Å². The van der Waals surface area contributed by atoms with Crippen molar-refractivity contribution in [1.29, 1.82) is 0 Å². The standard InChI is InChI=1S/C22H27N3O6/c1-3-30-21-12-19(25(27)28)18(11-20(21)29-2)22(26)23-13-17-15-24(9-10-31-17)14-16-7-5-4-6-8-16/h4-8,11-12,17H,3,9-10,13-15H2,1-2H3,(H,23,26). The molecule has 166 valence electrons. The highest BCUT2D eigenvalue weighted by Gasteiger charge is 2.26. The maximum Gasteiger partial charge on any atom is 0.286 e. The molecule has 0 spiro atoms. The van der Waals surface area contributed by atoms with Gasteiger partial charge in [-0.05, 0) is 12.5 Å². The van der Waals surface area contributed by atoms with Crippen LogP contribution in [0.25, 0.3) is 0 Å². The van der Waals surface area contributed by atoms with Crippen LogP contribution in [0, 0.1) is 10.1 Å². The largest absolute Gasteiger partial charge is 0.493 e. The van der Waals surface area contributed by atoms with E-state index in [1.165, 1.54) is 24.8 Å². The molecule has 2 aromatic carbocycles. The maximum absolute atomic E-state index is 12.7. The topological polar surface area (TPSA) is 103 Å². The van der Waals surface area contributed by atoms with Crippen molar-refractivity contribution in [2.75, 3.05) is 40.0 Å². The first-order valence-electron chi connectivity index (χ1n) is 10.2. The SMILES string of the molecule is CCOc1cc([N+](=O)[O-])c(C(=O)NCC2CN(Cc3ccccc3)CCO2)cc1OC. The number of ether oxygens (including phenoxy) is 3. The van der Waals surface area contributed by atoms with E-state index in [-0.39, 0.29) is 35.4 Å². The van der Waals surface area contributed by atoms with Crippen LogP contribution in [0.1, 0.15) is 22.8 Å². The van der Waals surface area contributed by atoms with Gasteiger partial charge in [-0.25, -0.2) is 0 Å². The highest BCUT2D eigenvalue weighted by molar-refractivity contribution is 5.99. The molecule has 1 amide bonds. The van der Waals surface area contributed by atoms with Crippen molar-refractivity contribution in [1.82, 2.24) is 10.2 Å². The molecular formula is C22H27N3O6. The number of methoxy groups -OCH3 is 1. The van der Waals surface area contributed by atoms with Gasteiger partial charge in [-0.3, -0.25) is 19.8 Å². The van der Waals surface area contributed by atoms with Gasteiger partial charge in [0.1, 0.15) is 5.56 Å². The van der Waals surface area contributed by atoms with Crippen LogP contribution in [0.15, 0.2) is 42.5 Å². The lowest BCUT2D eigenvalue weighted by atomic mass is 10.1. The Morgan fingerprint density at radius 3 is 2.74 bits per heavy atom. The molecule has 1 saturated heterocycles. The van der Waals surface area contributed by atoms with Crippen LogP contribution in [0.5, 0.6) is 11.5 Å². The van der Waals surface area contributed by atoms with E-state index in [4.69, 9.17) is 14.2 Å². The first kappa shape index (κ1) is 22.5. The summed E-state index contributed by atoms with van der Waals surface area (Å²) < 4.78 is 16.4. The van der Waals surface area contributed by atoms with Crippen LogP contribution in [0.2, 0.25) is 0 Å². The summed E-state index contributed by atoms with van der Waals surface area (Å²) in [7, 11) is 1.42. The Hall–Kier alpha value is -3.17. The number of carbonyl (C=O) groups is 1. The van der Waals surface area contributed by atoms with Gasteiger partial charge in [0.2, 0.25) is 0 Å². The zero-order valence-electron chi connectivity index (χ0n) is 17.7. The number of amides is 1. The third-order valence-corrected chi connectivity index (χ3v) is 4.99. The van der Waals surface area contributed by atoms with Crippen LogP contribution in [0.4, 0.5) is 5.69 Å². The molecule has 3 rings (SSSR count). The van der Waals surface area contributed by atoms with Gasteiger partial charge in [0.15, 0.2) is 11.5 Å². The molecule has 1 N–H and O–H groups in total. The summed E-state index contributed by atoms with van der Waals surface area (Å²) in [6.45, 7) is 5.15. The predicted molar refractivity (Wildman–Crippen MR) is 115 cm³/mol. The molecule has 1 unspecified atom stereocenters. The predicted octanol–water partition coefficient (Wildman–Crippen LogP) is 2.63. The molecule has 1 aliphatic heterocycles. The van der Waals surface area contributed by atoms with E-state index in [1.807, 2.05) is 18.2 Å². The number of morpholine rings is 1. The summed E-state index contributed by atoms with van der Waals surface area (Å²) in [6, 6.07) is 12.7. The summed E-state index contributed by atoms with van der Waals surface area (Å²) in [5.41, 5.74) is 0.795. The third kappa shape index (κ3) is 5.93. The number of hydrogen-bond acceptors (Lipinski definition) is 7. The second-order valence-electron chi connectivity index (χ2n) is 7.13. The normalized spacial score (nSPS) is 16.5. The number of carbonyl (C=O) groups excluding carboxylic acids is 1. The lowest BCUT2D eigenvalue weighted by Crippen LogP contribution is -2.47.